The van der Waals surface area contributed by atoms with E-state index < -0.39 is 27.8 Å². The molecule has 0 radical (unpaired) electrons. The highest BCUT2D eigenvalue weighted by atomic mass is 32.2. The molecule has 1 saturated heterocycles. The van der Waals surface area contributed by atoms with E-state index in [0.717, 1.165) is 11.3 Å². The van der Waals surface area contributed by atoms with Gasteiger partial charge < -0.3 is 15.2 Å². The molecule has 20 heavy (non-hydrogen) atoms. The van der Waals surface area contributed by atoms with Crippen LogP contribution in [0.4, 0.5) is 0 Å². The second-order valence-electron chi connectivity index (χ2n) is 4.38. The second kappa shape index (κ2) is 5.80. The summed E-state index contributed by atoms with van der Waals surface area (Å²) in [5, 5.41) is 13.0. The van der Waals surface area contributed by atoms with Gasteiger partial charge in [0.05, 0.1) is 11.5 Å². The number of sulfone groups is 1. The number of carbonyl (C=O) groups is 2. The van der Waals surface area contributed by atoms with Crippen molar-refractivity contribution in [1.29, 1.82) is 0 Å². The average Bonchev–Trinajstić information content (AvgIpc) is 2.93. The molecule has 0 bridgehead atoms. The third-order valence-corrected chi connectivity index (χ3v) is 5.43. The van der Waals surface area contributed by atoms with E-state index in [-0.39, 0.29) is 28.7 Å². The van der Waals surface area contributed by atoms with E-state index >= 15 is 0 Å². The van der Waals surface area contributed by atoms with Gasteiger partial charge in [0.15, 0.2) is 21.3 Å². The molecule has 0 spiro atoms. The van der Waals surface area contributed by atoms with Gasteiger partial charge in [0.2, 0.25) is 0 Å². The summed E-state index contributed by atoms with van der Waals surface area (Å²) < 4.78 is 27.6. The maximum Gasteiger partial charge on any atom is 0.349 e. The lowest BCUT2D eigenvalue weighted by Gasteiger charge is -2.11. The molecule has 2 heterocycles. The van der Waals surface area contributed by atoms with Crippen molar-refractivity contribution in [2.75, 3.05) is 18.1 Å². The van der Waals surface area contributed by atoms with Crippen LogP contribution in [0, 0.1) is 0 Å². The van der Waals surface area contributed by atoms with Gasteiger partial charge >= 0.3 is 5.97 Å². The lowest BCUT2D eigenvalue weighted by atomic mass is 10.2. The molecule has 2 rings (SSSR count). The van der Waals surface area contributed by atoms with Crippen molar-refractivity contribution in [2.24, 2.45) is 0 Å². The molecule has 7 nitrogen and oxygen atoms in total. The van der Waals surface area contributed by atoms with E-state index in [1.165, 1.54) is 6.07 Å². The quantitative estimate of drug-likeness (QED) is 0.798. The minimum Gasteiger partial charge on any atom is -0.482 e. The molecule has 1 aromatic rings. The van der Waals surface area contributed by atoms with Crippen LogP contribution >= 0.6 is 11.3 Å². The van der Waals surface area contributed by atoms with Crippen molar-refractivity contribution in [3.8, 4) is 5.75 Å². The van der Waals surface area contributed by atoms with Crippen LogP contribution in [-0.2, 0) is 14.6 Å². The van der Waals surface area contributed by atoms with Crippen molar-refractivity contribution in [3.05, 3.63) is 16.3 Å². The van der Waals surface area contributed by atoms with Crippen LogP contribution in [0.25, 0.3) is 0 Å². The Hall–Kier alpha value is -1.61. The minimum atomic E-state index is -3.05. The zero-order valence-electron chi connectivity index (χ0n) is 10.4. The number of carbonyl (C=O) groups excluding carboxylic acids is 1. The summed E-state index contributed by atoms with van der Waals surface area (Å²) in [7, 11) is -3.05. The summed E-state index contributed by atoms with van der Waals surface area (Å²) in [4.78, 5) is 22.5. The molecule has 0 aromatic carbocycles. The van der Waals surface area contributed by atoms with Gasteiger partial charge in [-0.25, -0.2) is 13.2 Å². The van der Waals surface area contributed by atoms with Gasteiger partial charge in [0, 0.05) is 6.04 Å². The highest BCUT2D eigenvalue weighted by molar-refractivity contribution is 7.91. The molecule has 2 N–H and O–H groups in total. The maximum absolute atomic E-state index is 11.6. The fraction of sp³-hybridized carbons (Fsp3) is 0.455. The molecule has 1 aromatic heterocycles. The molecular weight excluding hydrogens is 306 g/mol. The predicted octanol–water partition coefficient (Wildman–Crippen LogP) is 0.128. The molecule has 1 fully saturated rings. The number of ether oxygens (including phenoxy) is 1. The molecule has 1 unspecified atom stereocenters. The van der Waals surface area contributed by atoms with Gasteiger partial charge in [-0.1, -0.05) is 0 Å². The number of carboxylic acid groups (broad SMARTS) is 1. The van der Waals surface area contributed by atoms with Gasteiger partial charge in [0.25, 0.3) is 5.91 Å². The van der Waals surface area contributed by atoms with E-state index in [2.05, 4.69) is 5.32 Å². The number of amides is 1. The molecule has 1 atom stereocenters. The van der Waals surface area contributed by atoms with Crippen LogP contribution in [0.15, 0.2) is 11.4 Å². The van der Waals surface area contributed by atoms with E-state index in [0.29, 0.717) is 6.42 Å². The van der Waals surface area contributed by atoms with E-state index in [9.17, 15) is 18.0 Å². The summed E-state index contributed by atoms with van der Waals surface area (Å²) in [6.45, 7) is -0.340. The van der Waals surface area contributed by atoms with Crippen LogP contribution in [-0.4, -0.2) is 49.6 Å². The molecule has 1 aliphatic heterocycles. The molecule has 0 saturated carbocycles. The van der Waals surface area contributed by atoms with Gasteiger partial charge in [-0.2, -0.15) is 0 Å². The van der Waals surface area contributed by atoms with Crippen molar-refractivity contribution >= 4 is 33.1 Å². The summed E-state index contributed by atoms with van der Waals surface area (Å²) in [5.74, 6) is -1.42. The third-order valence-electron chi connectivity index (χ3n) is 2.78. The van der Waals surface area contributed by atoms with Gasteiger partial charge in [-0.05, 0) is 17.9 Å². The van der Waals surface area contributed by atoms with Crippen LogP contribution in [0.3, 0.4) is 0 Å². The lowest BCUT2D eigenvalue weighted by molar-refractivity contribution is -0.123. The lowest BCUT2D eigenvalue weighted by Crippen LogP contribution is -2.38. The Morgan fingerprint density at radius 3 is 2.85 bits per heavy atom. The van der Waals surface area contributed by atoms with Crippen molar-refractivity contribution in [1.82, 2.24) is 5.32 Å². The Labute approximate surface area is 119 Å². The van der Waals surface area contributed by atoms with Crippen LogP contribution in [0.5, 0.6) is 5.75 Å². The second-order valence-corrected chi connectivity index (χ2v) is 7.52. The van der Waals surface area contributed by atoms with Crippen LogP contribution in [0.1, 0.15) is 16.1 Å². The Bertz CT molecular complexity index is 621. The zero-order chi connectivity index (χ0) is 14.8. The van der Waals surface area contributed by atoms with Gasteiger partial charge in [0.1, 0.15) is 5.75 Å². The fourth-order valence-electron chi connectivity index (χ4n) is 1.89. The molecule has 110 valence electrons. The van der Waals surface area contributed by atoms with Crippen LogP contribution < -0.4 is 10.1 Å². The first kappa shape index (κ1) is 14.8. The normalized spacial score (nSPS) is 20.5. The SMILES string of the molecule is O=C(COc1ccsc1C(=O)O)NC1CCS(=O)(=O)C1. The van der Waals surface area contributed by atoms with Crippen molar-refractivity contribution in [3.63, 3.8) is 0 Å². The number of rotatable bonds is 5. The number of carboxylic acids is 1. The van der Waals surface area contributed by atoms with Crippen molar-refractivity contribution in [2.45, 2.75) is 12.5 Å². The molecule has 9 heteroatoms. The first-order valence-electron chi connectivity index (χ1n) is 5.81. The fourth-order valence-corrected chi connectivity index (χ4v) is 4.23. The summed E-state index contributed by atoms with van der Waals surface area (Å²) >= 11 is 1.01. The Morgan fingerprint density at radius 1 is 1.50 bits per heavy atom. The predicted molar refractivity (Wildman–Crippen MR) is 72.0 cm³/mol. The monoisotopic (exact) mass is 319 g/mol. The zero-order valence-corrected chi connectivity index (χ0v) is 12.0. The van der Waals surface area contributed by atoms with E-state index in [1.807, 2.05) is 0 Å². The third kappa shape index (κ3) is 3.70. The molecule has 1 aliphatic rings. The smallest absolute Gasteiger partial charge is 0.349 e. The van der Waals surface area contributed by atoms with Crippen LogP contribution in [0.2, 0.25) is 0 Å². The number of nitrogens with one attached hydrogen (secondary N) is 1. The first-order valence-corrected chi connectivity index (χ1v) is 8.51. The number of aromatic carboxylic acids is 1. The topological polar surface area (TPSA) is 110 Å². The minimum absolute atomic E-state index is 0.0289. The average molecular weight is 319 g/mol. The molecular formula is C11H13NO6S2. The van der Waals surface area contributed by atoms with E-state index in [1.54, 1.807) is 5.38 Å². The first-order chi connectivity index (χ1) is 9.37. The number of hydrogen-bond donors (Lipinski definition) is 2. The maximum atomic E-state index is 11.6. The molecule has 1 amide bonds. The van der Waals surface area contributed by atoms with Gasteiger partial charge in [-0.15, -0.1) is 11.3 Å². The van der Waals surface area contributed by atoms with Gasteiger partial charge in [-0.3, -0.25) is 4.79 Å². The summed E-state index contributed by atoms with van der Waals surface area (Å²) in [5.41, 5.74) is 0. The highest BCUT2D eigenvalue weighted by Gasteiger charge is 2.29. The van der Waals surface area contributed by atoms with Crippen molar-refractivity contribution < 1.29 is 27.9 Å². The largest absolute Gasteiger partial charge is 0.482 e. The standard InChI is InChI=1S/C11H13NO6S2/c13-9(12-7-2-4-20(16,17)6-7)5-18-8-1-3-19-10(8)11(14)15/h1,3,7H,2,4-6H2,(H,12,13)(H,14,15). The summed E-state index contributed by atoms with van der Waals surface area (Å²) in [6, 6.07) is 1.08. The Morgan fingerprint density at radius 2 is 2.25 bits per heavy atom. The number of hydrogen-bond acceptors (Lipinski definition) is 6. The molecule has 0 aliphatic carbocycles. The summed E-state index contributed by atoms with van der Waals surface area (Å²) in [6.07, 6.45) is 0.396. The number of thiophene rings is 1. The van der Waals surface area contributed by atoms with E-state index in [4.69, 9.17) is 9.84 Å². The highest BCUT2D eigenvalue weighted by Crippen LogP contribution is 2.24. The Balaban J connectivity index is 1.84. The Kier molecular flexibility index (Phi) is 4.29.